The summed E-state index contributed by atoms with van der Waals surface area (Å²) < 4.78 is 11.8. The average molecular weight is 397 g/mol. The number of benzene rings is 2. The standard InChI is InChI=1S/C16H16INO3/c1-11(21-15-5-3-4-12(17)10-15)16(19)18-13-6-8-14(20-2)9-7-13/h3-11H,1-2H3,(H,18,19). The third-order valence-corrected chi connectivity index (χ3v) is 3.51. The van der Waals surface area contributed by atoms with Gasteiger partial charge in [-0.1, -0.05) is 6.07 Å². The Bertz CT molecular complexity index is 613. The molecule has 0 aliphatic carbocycles. The molecule has 0 aliphatic heterocycles. The van der Waals surface area contributed by atoms with Crippen LogP contribution in [-0.4, -0.2) is 19.1 Å². The molecule has 0 bridgehead atoms. The Morgan fingerprint density at radius 3 is 2.48 bits per heavy atom. The van der Waals surface area contributed by atoms with E-state index in [1.165, 1.54) is 0 Å². The summed E-state index contributed by atoms with van der Waals surface area (Å²) in [6.45, 7) is 1.72. The van der Waals surface area contributed by atoms with E-state index in [0.29, 0.717) is 11.4 Å². The number of anilines is 1. The van der Waals surface area contributed by atoms with Gasteiger partial charge >= 0.3 is 0 Å². The Hall–Kier alpha value is -1.76. The number of nitrogens with one attached hydrogen (secondary N) is 1. The van der Waals surface area contributed by atoms with Gasteiger partial charge in [0.25, 0.3) is 5.91 Å². The molecule has 1 unspecified atom stereocenters. The molecule has 0 saturated heterocycles. The van der Waals surface area contributed by atoms with E-state index in [2.05, 4.69) is 27.9 Å². The van der Waals surface area contributed by atoms with E-state index >= 15 is 0 Å². The minimum atomic E-state index is -0.578. The Labute approximate surface area is 137 Å². The summed E-state index contributed by atoms with van der Waals surface area (Å²) in [5, 5.41) is 2.81. The first kappa shape index (κ1) is 15.6. The molecular formula is C16H16INO3. The van der Waals surface area contributed by atoms with Crippen LogP contribution >= 0.6 is 22.6 Å². The summed E-state index contributed by atoms with van der Waals surface area (Å²) in [5.41, 5.74) is 0.707. The van der Waals surface area contributed by atoms with Crippen molar-refractivity contribution in [1.82, 2.24) is 0 Å². The number of ether oxygens (including phenoxy) is 2. The molecule has 5 heteroatoms. The quantitative estimate of drug-likeness (QED) is 0.783. The fraction of sp³-hybridized carbons (Fsp3) is 0.188. The zero-order chi connectivity index (χ0) is 15.2. The van der Waals surface area contributed by atoms with Gasteiger partial charge in [-0.3, -0.25) is 4.79 Å². The van der Waals surface area contributed by atoms with E-state index in [9.17, 15) is 4.79 Å². The van der Waals surface area contributed by atoms with Crippen LogP contribution in [0.25, 0.3) is 0 Å². The number of carbonyl (C=O) groups excluding carboxylic acids is 1. The Morgan fingerprint density at radius 1 is 1.14 bits per heavy atom. The Morgan fingerprint density at radius 2 is 1.86 bits per heavy atom. The highest BCUT2D eigenvalue weighted by atomic mass is 127. The van der Waals surface area contributed by atoms with E-state index in [-0.39, 0.29) is 5.91 Å². The van der Waals surface area contributed by atoms with Crippen molar-refractivity contribution in [2.45, 2.75) is 13.0 Å². The minimum Gasteiger partial charge on any atom is -0.497 e. The number of hydrogen-bond acceptors (Lipinski definition) is 3. The van der Waals surface area contributed by atoms with Crippen molar-refractivity contribution in [2.24, 2.45) is 0 Å². The molecule has 0 spiro atoms. The fourth-order valence-electron chi connectivity index (χ4n) is 1.72. The third kappa shape index (κ3) is 4.63. The van der Waals surface area contributed by atoms with Gasteiger partial charge in [-0.15, -0.1) is 0 Å². The molecule has 0 aromatic heterocycles. The normalized spacial score (nSPS) is 11.6. The zero-order valence-corrected chi connectivity index (χ0v) is 14.0. The monoisotopic (exact) mass is 397 g/mol. The van der Waals surface area contributed by atoms with Crippen LogP contribution in [0.3, 0.4) is 0 Å². The molecule has 0 saturated carbocycles. The zero-order valence-electron chi connectivity index (χ0n) is 11.8. The first-order chi connectivity index (χ1) is 10.1. The first-order valence-corrected chi connectivity index (χ1v) is 7.53. The van der Waals surface area contributed by atoms with Crippen molar-refractivity contribution < 1.29 is 14.3 Å². The molecule has 2 rings (SSSR count). The molecule has 0 aliphatic rings. The van der Waals surface area contributed by atoms with Gasteiger partial charge in [0.2, 0.25) is 0 Å². The van der Waals surface area contributed by atoms with Gasteiger partial charge in [-0.2, -0.15) is 0 Å². The van der Waals surface area contributed by atoms with E-state index in [1.807, 2.05) is 24.3 Å². The molecule has 1 amide bonds. The lowest BCUT2D eigenvalue weighted by molar-refractivity contribution is -0.122. The van der Waals surface area contributed by atoms with Crippen LogP contribution in [0.4, 0.5) is 5.69 Å². The number of carbonyl (C=O) groups is 1. The van der Waals surface area contributed by atoms with Gasteiger partial charge in [0.05, 0.1) is 7.11 Å². The maximum Gasteiger partial charge on any atom is 0.265 e. The van der Waals surface area contributed by atoms with Crippen molar-refractivity contribution in [2.75, 3.05) is 12.4 Å². The Balaban J connectivity index is 1.95. The molecule has 2 aromatic rings. The molecule has 1 atom stereocenters. The largest absolute Gasteiger partial charge is 0.497 e. The number of rotatable bonds is 5. The first-order valence-electron chi connectivity index (χ1n) is 6.45. The van der Waals surface area contributed by atoms with Gasteiger partial charge in [0, 0.05) is 9.26 Å². The minimum absolute atomic E-state index is 0.195. The van der Waals surface area contributed by atoms with Crippen LogP contribution in [-0.2, 0) is 4.79 Å². The lowest BCUT2D eigenvalue weighted by Crippen LogP contribution is -2.30. The number of methoxy groups -OCH3 is 1. The van der Waals surface area contributed by atoms with Gasteiger partial charge in [0.15, 0.2) is 6.10 Å². The summed E-state index contributed by atoms with van der Waals surface area (Å²) in [6, 6.07) is 14.7. The predicted molar refractivity (Wildman–Crippen MR) is 90.9 cm³/mol. The molecule has 0 radical (unpaired) electrons. The number of amides is 1. The third-order valence-electron chi connectivity index (χ3n) is 2.84. The molecule has 2 aromatic carbocycles. The highest BCUT2D eigenvalue weighted by molar-refractivity contribution is 14.1. The molecular weight excluding hydrogens is 381 g/mol. The summed E-state index contributed by atoms with van der Waals surface area (Å²) in [6.07, 6.45) is -0.578. The second kappa shape index (κ2) is 7.31. The summed E-state index contributed by atoms with van der Waals surface area (Å²) >= 11 is 2.20. The van der Waals surface area contributed by atoms with E-state index in [4.69, 9.17) is 9.47 Å². The van der Waals surface area contributed by atoms with Crippen LogP contribution in [0.5, 0.6) is 11.5 Å². The van der Waals surface area contributed by atoms with Crippen molar-refractivity contribution in [1.29, 1.82) is 0 Å². The number of halogens is 1. The van der Waals surface area contributed by atoms with Crippen LogP contribution in [0.1, 0.15) is 6.92 Å². The van der Waals surface area contributed by atoms with Gasteiger partial charge in [-0.05, 0) is 72.0 Å². The predicted octanol–water partition coefficient (Wildman–Crippen LogP) is 3.71. The lowest BCUT2D eigenvalue weighted by Gasteiger charge is -2.15. The molecule has 1 N–H and O–H groups in total. The molecule has 0 fully saturated rings. The number of hydrogen-bond donors (Lipinski definition) is 1. The summed E-state index contributed by atoms with van der Waals surface area (Å²) in [7, 11) is 1.60. The highest BCUT2D eigenvalue weighted by Crippen LogP contribution is 2.18. The van der Waals surface area contributed by atoms with Crippen LogP contribution in [0, 0.1) is 3.57 Å². The smallest absolute Gasteiger partial charge is 0.265 e. The van der Waals surface area contributed by atoms with Crippen molar-refractivity contribution in [3.05, 3.63) is 52.1 Å². The van der Waals surface area contributed by atoms with E-state index in [0.717, 1.165) is 9.32 Å². The van der Waals surface area contributed by atoms with Crippen LogP contribution < -0.4 is 14.8 Å². The molecule has 4 nitrogen and oxygen atoms in total. The topological polar surface area (TPSA) is 47.6 Å². The van der Waals surface area contributed by atoms with Gasteiger partial charge in [-0.25, -0.2) is 0 Å². The summed E-state index contributed by atoms with van der Waals surface area (Å²) in [4.78, 5) is 12.1. The molecule has 0 heterocycles. The Kier molecular flexibility index (Phi) is 5.44. The van der Waals surface area contributed by atoms with Gasteiger partial charge < -0.3 is 14.8 Å². The second-order valence-corrected chi connectivity index (χ2v) is 5.68. The molecule has 110 valence electrons. The SMILES string of the molecule is COc1ccc(NC(=O)C(C)Oc2cccc(I)c2)cc1. The van der Waals surface area contributed by atoms with Crippen molar-refractivity contribution in [3.63, 3.8) is 0 Å². The average Bonchev–Trinajstić information content (AvgIpc) is 2.48. The van der Waals surface area contributed by atoms with Crippen LogP contribution in [0.2, 0.25) is 0 Å². The summed E-state index contributed by atoms with van der Waals surface area (Å²) in [5.74, 6) is 1.23. The van der Waals surface area contributed by atoms with Crippen molar-refractivity contribution in [3.8, 4) is 11.5 Å². The van der Waals surface area contributed by atoms with E-state index < -0.39 is 6.10 Å². The maximum atomic E-state index is 12.1. The van der Waals surface area contributed by atoms with Gasteiger partial charge in [0.1, 0.15) is 11.5 Å². The van der Waals surface area contributed by atoms with E-state index in [1.54, 1.807) is 38.3 Å². The fourth-order valence-corrected chi connectivity index (χ4v) is 2.23. The molecule has 21 heavy (non-hydrogen) atoms. The maximum absolute atomic E-state index is 12.1. The highest BCUT2D eigenvalue weighted by Gasteiger charge is 2.15. The second-order valence-electron chi connectivity index (χ2n) is 4.44. The van der Waals surface area contributed by atoms with Crippen molar-refractivity contribution >= 4 is 34.2 Å². The lowest BCUT2D eigenvalue weighted by atomic mass is 10.2. The van der Waals surface area contributed by atoms with Crippen LogP contribution in [0.15, 0.2) is 48.5 Å².